The van der Waals surface area contributed by atoms with Crippen molar-refractivity contribution in [2.75, 3.05) is 13.2 Å². The minimum Gasteiger partial charge on any atom is -0.463 e. The second-order valence-electron chi connectivity index (χ2n) is 7.76. The summed E-state index contributed by atoms with van der Waals surface area (Å²) in [6.07, 6.45) is 1.61. The Morgan fingerprint density at radius 2 is 2.08 bits per heavy atom. The number of ether oxygens (including phenoxy) is 1. The number of benzene rings is 2. The first-order valence-electron chi connectivity index (χ1n) is 10.9. The number of carbonyl (C=O) groups excluding carboxylic acids is 1. The van der Waals surface area contributed by atoms with Crippen LogP contribution < -0.4 is 10.0 Å². The van der Waals surface area contributed by atoms with Crippen LogP contribution in [0.1, 0.15) is 29.1 Å². The van der Waals surface area contributed by atoms with Crippen LogP contribution in [0.15, 0.2) is 79.7 Å². The van der Waals surface area contributed by atoms with Crippen molar-refractivity contribution in [3.05, 3.63) is 91.7 Å². The number of aryl methyl sites for hydroxylation is 1. The number of amidine groups is 1. The second-order valence-corrected chi connectivity index (χ2v) is 11.3. The Labute approximate surface area is 220 Å². The van der Waals surface area contributed by atoms with Crippen LogP contribution in [0.25, 0.3) is 0 Å². The van der Waals surface area contributed by atoms with Crippen molar-refractivity contribution in [2.45, 2.75) is 24.8 Å². The zero-order chi connectivity index (χ0) is 25.9. The summed E-state index contributed by atoms with van der Waals surface area (Å²) >= 11 is 4.69. The average molecular weight is 594 g/mol. The molecule has 2 N–H and O–H groups in total. The molecule has 0 radical (unpaired) electrons. The standard InChI is InChI=1S/C24H22BrFN4O4S2/c1-3-34-24(31)20-19(13-28-36(32,33)16-6-4-5-14(2)11-16)29-22(23-27-9-10-35-23)30-21(20)17-8-7-15(26)12-18(17)25/h4-12,21,28H,3,13H2,1-2H3,(H,29,30). The van der Waals surface area contributed by atoms with Crippen molar-refractivity contribution < 1.29 is 22.3 Å². The Balaban J connectivity index is 1.80. The van der Waals surface area contributed by atoms with Gasteiger partial charge in [0.2, 0.25) is 10.0 Å². The number of hydrogen-bond acceptors (Lipinski definition) is 8. The average Bonchev–Trinajstić information content (AvgIpc) is 3.37. The molecule has 2 heterocycles. The summed E-state index contributed by atoms with van der Waals surface area (Å²) in [4.78, 5) is 22.2. The molecule has 1 aromatic heterocycles. The topological polar surface area (TPSA) is 110 Å². The summed E-state index contributed by atoms with van der Waals surface area (Å²) in [5.74, 6) is -0.779. The van der Waals surface area contributed by atoms with E-state index in [1.54, 1.807) is 43.6 Å². The van der Waals surface area contributed by atoms with Crippen molar-refractivity contribution in [3.63, 3.8) is 0 Å². The van der Waals surface area contributed by atoms with E-state index in [9.17, 15) is 17.6 Å². The van der Waals surface area contributed by atoms with Crippen molar-refractivity contribution >= 4 is 49.1 Å². The van der Waals surface area contributed by atoms with E-state index in [2.05, 4.69) is 31.0 Å². The van der Waals surface area contributed by atoms with Gasteiger partial charge in [0.05, 0.1) is 23.6 Å². The Morgan fingerprint density at radius 1 is 1.28 bits per heavy atom. The molecule has 3 aromatic rings. The van der Waals surface area contributed by atoms with E-state index < -0.39 is 27.9 Å². The first-order valence-corrected chi connectivity index (χ1v) is 14.0. The Bertz CT molecular complexity index is 1460. The molecular weight excluding hydrogens is 571 g/mol. The Morgan fingerprint density at radius 3 is 2.75 bits per heavy atom. The van der Waals surface area contributed by atoms with Crippen LogP contribution in [-0.4, -0.2) is 38.4 Å². The van der Waals surface area contributed by atoms with Crippen LogP contribution in [0.2, 0.25) is 0 Å². The van der Waals surface area contributed by atoms with E-state index in [0.717, 1.165) is 5.56 Å². The normalized spacial score (nSPS) is 15.9. The first kappa shape index (κ1) is 26.1. The molecular formula is C24H22BrFN4O4S2. The number of esters is 1. The quantitative estimate of drug-likeness (QED) is 0.379. The number of sulfonamides is 1. The maximum atomic E-state index is 13.8. The van der Waals surface area contributed by atoms with Crippen LogP contribution in [0.3, 0.4) is 0 Å². The molecule has 1 aliphatic heterocycles. The van der Waals surface area contributed by atoms with Gasteiger partial charge in [0.1, 0.15) is 11.9 Å². The Kier molecular flexibility index (Phi) is 7.98. The van der Waals surface area contributed by atoms with Gasteiger partial charge in [-0.25, -0.2) is 27.3 Å². The predicted molar refractivity (Wildman–Crippen MR) is 139 cm³/mol. The molecule has 1 atom stereocenters. The van der Waals surface area contributed by atoms with E-state index in [1.807, 2.05) is 0 Å². The third kappa shape index (κ3) is 5.72. The molecule has 0 spiro atoms. The van der Waals surface area contributed by atoms with Gasteiger partial charge in [-0.05, 0) is 49.2 Å². The molecule has 2 aromatic carbocycles. The van der Waals surface area contributed by atoms with Gasteiger partial charge in [-0.15, -0.1) is 11.3 Å². The molecule has 8 nitrogen and oxygen atoms in total. The number of aliphatic imine (C=N–C) groups is 1. The summed E-state index contributed by atoms with van der Waals surface area (Å²) in [5, 5.41) is 5.38. The van der Waals surface area contributed by atoms with Gasteiger partial charge in [0.15, 0.2) is 10.8 Å². The number of nitrogens with one attached hydrogen (secondary N) is 2. The lowest BCUT2D eigenvalue weighted by Gasteiger charge is -2.27. The largest absolute Gasteiger partial charge is 0.463 e. The van der Waals surface area contributed by atoms with Gasteiger partial charge in [-0.3, -0.25) is 4.99 Å². The second kappa shape index (κ2) is 11.0. The molecule has 188 valence electrons. The molecule has 0 bridgehead atoms. The molecule has 12 heteroatoms. The van der Waals surface area contributed by atoms with Crippen LogP contribution in [0.5, 0.6) is 0 Å². The lowest BCUT2D eigenvalue weighted by Crippen LogP contribution is -2.39. The molecule has 0 amide bonds. The van der Waals surface area contributed by atoms with E-state index in [4.69, 9.17) is 9.73 Å². The number of hydrogen-bond donors (Lipinski definition) is 2. The highest BCUT2D eigenvalue weighted by atomic mass is 79.9. The number of halogens is 2. The lowest BCUT2D eigenvalue weighted by atomic mass is 9.95. The van der Waals surface area contributed by atoms with Gasteiger partial charge < -0.3 is 10.1 Å². The molecule has 0 saturated heterocycles. The molecule has 1 unspecified atom stereocenters. The molecule has 4 rings (SSSR count). The molecule has 0 saturated carbocycles. The Hall–Kier alpha value is -2.93. The van der Waals surface area contributed by atoms with Crippen molar-refractivity contribution in [3.8, 4) is 0 Å². The minimum atomic E-state index is -3.90. The smallest absolute Gasteiger partial charge is 0.338 e. The highest BCUT2D eigenvalue weighted by molar-refractivity contribution is 9.10. The summed E-state index contributed by atoms with van der Waals surface area (Å²) < 4.78 is 48.1. The molecule has 1 aliphatic rings. The van der Waals surface area contributed by atoms with E-state index in [1.165, 1.54) is 35.6 Å². The van der Waals surface area contributed by atoms with Crippen LogP contribution in [-0.2, 0) is 19.6 Å². The van der Waals surface area contributed by atoms with Crippen molar-refractivity contribution in [1.29, 1.82) is 0 Å². The summed E-state index contributed by atoms with van der Waals surface area (Å²) in [6.45, 7) is 3.32. The number of aromatic nitrogens is 1. The third-order valence-electron chi connectivity index (χ3n) is 5.25. The van der Waals surface area contributed by atoms with E-state index >= 15 is 0 Å². The van der Waals surface area contributed by atoms with Gasteiger partial charge in [0.25, 0.3) is 0 Å². The maximum absolute atomic E-state index is 13.8. The third-order valence-corrected chi connectivity index (χ3v) is 8.12. The number of nitrogens with zero attached hydrogens (tertiary/aromatic N) is 2. The van der Waals surface area contributed by atoms with Crippen molar-refractivity contribution in [1.82, 2.24) is 15.0 Å². The fourth-order valence-electron chi connectivity index (χ4n) is 3.61. The fraction of sp³-hybridized carbons (Fsp3) is 0.208. The monoisotopic (exact) mass is 592 g/mol. The minimum absolute atomic E-state index is 0.100. The highest BCUT2D eigenvalue weighted by Crippen LogP contribution is 2.36. The highest BCUT2D eigenvalue weighted by Gasteiger charge is 2.34. The SMILES string of the molecule is CCOC(=O)C1=C(CNS(=O)(=O)c2cccc(C)c2)NC(c2nccs2)=NC1c1ccc(F)cc1Br. The molecule has 0 fully saturated rings. The first-order chi connectivity index (χ1) is 17.2. The van der Waals surface area contributed by atoms with Gasteiger partial charge >= 0.3 is 5.97 Å². The maximum Gasteiger partial charge on any atom is 0.338 e. The van der Waals surface area contributed by atoms with Gasteiger partial charge in [-0.1, -0.05) is 34.1 Å². The van der Waals surface area contributed by atoms with Gasteiger partial charge in [0, 0.05) is 21.7 Å². The van der Waals surface area contributed by atoms with Crippen LogP contribution >= 0.6 is 27.3 Å². The zero-order valence-corrected chi connectivity index (χ0v) is 22.5. The number of rotatable bonds is 8. The zero-order valence-electron chi connectivity index (χ0n) is 19.3. The van der Waals surface area contributed by atoms with Crippen molar-refractivity contribution in [2.24, 2.45) is 4.99 Å². The molecule has 36 heavy (non-hydrogen) atoms. The van der Waals surface area contributed by atoms with Gasteiger partial charge in [-0.2, -0.15) is 0 Å². The number of carbonyl (C=O) groups is 1. The van der Waals surface area contributed by atoms with Crippen LogP contribution in [0.4, 0.5) is 4.39 Å². The summed E-state index contributed by atoms with van der Waals surface area (Å²) in [7, 11) is -3.90. The fourth-order valence-corrected chi connectivity index (χ4v) is 5.87. The lowest BCUT2D eigenvalue weighted by molar-refractivity contribution is -0.139. The van der Waals surface area contributed by atoms with E-state index in [0.29, 0.717) is 20.9 Å². The van der Waals surface area contributed by atoms with E-state index in [-0.39, 0.29) is 29.3 Å². The number of thiazole rings is 1. The predicted octanol–water partition coefficient (Wildman–Crippen LogP) is 4.24. The summed E-state index contributed by atoms with van der Waals surface area (Å²) in [6, 6.07) is 9.65. The van der Waals surface area contributed by atoms with Crippen LogP contribution in [0, 0.1) is 12.7 Å². The molecule has 0 aliphatic carbocycles. The summed E-state index contributed by atoms with van der Waals surface area (Å²) in [5.41, 5.74) is 1.66.